The van der Waals surface area contributed by atoms with Crippen LogP contribution in [0.2, 0.25) is 0 Å². The van der Waals surface area contributed by atoms with Gasteiger partial charge in [-0.1, -0.05) is 13.8 Å². The molecular formula is C16H26N4O. The third kappa shape index (κ3) is 3.19. The maximum Gasteiger partial charge on any atom is 0.124 e. The highest BCUT2D eigenvalue weighted by Gasteiger charge is 2.17. The normalized spacial score (nSPS) is 13.0. The highest BCUT2D eigenvalue weighted by atomic mass is 16.5. The van der Waals surface area contributed by atoms with Gasteiger partial charge < -0.3 is 15.0 Å². The first-order chi connectivity index (χ1) is 10.1. The molecule has 0 aliphatic carbocycles. The molecule has 1 aromatic heterocycles. The maximum atomic E-state index is 5.89. The third-order valence-electron chi connectivity index (χ3n) is 4.01. The summed E-state index contributed by atoms with van der Waals surface area (Å²) in [5.74, 6) is 1.90. The Morgan fingerprint density at radius 3 is 2.62 bits per heavy atom. The topological polar surface area (TPSA) is 56.3 Å². The largest absolute Gasteiger partial charge is 0.497 e. The Balaban J connectivity index is 2.51. The van der Waals surface area contributed by atoms with Gasteiger partial charge >= 0.3 is 0 Å². The van der Waals surface area contributed by atoms with E-state index in [4.69, 9.17) is 15.5 Å². The molecule has 0 aliphatic heterocycles. The molecule has 0 spiro atoms. The van der Waals surface area contributed by atoms with E-state index < -0.39 is 0 Å². The van der Waals surface area contributed by atoms with Crippen molar-refractivity contribution in [3.8, 4) is 5.75 Å². The molecule has 2 rings (SSSR count). The fraction of sp³-hybridized carbons (Fsp3) is 0.562. The van der Waals surface area contributed by atoms with Crippen molar-refractivity contribution in [1.29, 1.82) is 0 Å². The Bertz CT molecular complexity index is 589. The SMILES string of the molecule is CCN(CC)Cc1nc2cc(OC)ccc2n1C(C)CN. The third-order valence-corrected chi connectivity index (χ3v) is 4.01. The molecule has 2 N–H and O–H groups in total. The van der Waals surface area contributed by atoms with E-state index in [-0.39, 0.29) is 6.04 Å². The quantitative estimate of drug-likeness (QED) is 0.851. The van der Waals surface area contributed by atoms with Gasteiger partial charge in [-0.05, 0) is 32.1 Å². The molecule has 116 valence electrons. The number of benzene rings is 1. The van der Waals surface area contributed by atoms with E-state index in [2.05, 4.69) is 36.3 Å². The Hall–Kier alpha value is -1.59. The molecule has 0 saturated carbocycles. The zero-order valence-electron chi connectivity index (χ0n) is 13.5. The van der Waals surface area contributed by atoms with Crippen LogP contribution < -0.4 is 10.5 Å². The van der Waals surface area contributed by atoms with E-state index in [1.807, 2.05) is 12.1 Å². The number of hydrogen-bond donors (Lipinski definition) is 1. The Kier molecular flexibility index (Phi) is 5.20. The molecule has 1 unspecified atom stereocenters. The minimum absolute atomic E-state index is 0.231. The molecule has 1 aromatic carbocycles. The first-order valence-electron chi connectivity index (χ1n) is 7.61. The van der Waals surface area contributed by atoms with Gasteiger partial charge in [0.25, 0.3) is 0 Å². The van der Waals surface area contributed by atoms with E-state index in [1.165, 1.54) is 0 Å². The average Bonchev–Trinajstić information content (AvgIpc) is 2.88. The number of hydrogen-bond acceptors (Lipinski definition) is 4. The lowest BCUT2D eigenvalue weighted by Gasteiger charge is -2.21. The summed E-state index contributed by atoms with van der Waals surface area (Å²) < 4.78 is 7.55. The van der Waals surface area contributed by atoms with Crippen LogP contribution in [0.25, 0.3) is 11.0 Å². The van der Waals surface area contributed by atoms with Gasteiger partial charge in [0.1, 0.15) is 11.6 Å². The lowest BCUT2D eigenvalue weighted by molar-refractivity contribution is 0.281. The predicted octanol–water partition coefficient (Wildman–Crippen LogP) is 2.41. The number of fused-ring (bicyclic) bond motifs is 1. The lowest BCUT2D eigenvalue weighted by Crippen LogP contribution is -2.26. The summed E-state index contributed by atoms with van der Waals surface area (Å²) in [5.41, 5.74) is 7.98. The van der Waals surface area contributed by atoms with Crippen molar-refractivity contribution in [2.45, 2.75) is 33.4 Å². The fourth-order valence-corrected chi connectivity index (χ4v) is 2.61. The standard InChI is InChI=1S/C16H26N4O/c1-5-19(6-2)11-16-18-14-9-13(21-4)7-8-15(14)20(16)12(3)10-17/h7-9,12H,5-6,10-11,17H2,1-4H3. The summed E-state index contributed by atoms with van der Waals surface area (Å²) >= 11 is 0. The van der Waals surface area contributed by atoms with Gasteiger partial charge in [0.2, 0.25) is 0 Å². The van der Waals surface area contributed by atoms with Crippen molar-refractivity contribution in [2.24, 2.45) is 5.73 Å². The van der Waals surface area contributed by atoms with Gasteiger partial charge in [-0.15, -0.1) is 0 Å². The summed E-state index contributed by atoms with van der Waals surface area (Å²) in [5, 5.41) is 0. The average molecular weight is 290 g/mol. The molecule has 0 saturated heterocycles. The smallest absolute Gasteiger partial charge is 0.124 e. The molecule has 0 bridgehead atoms. The van der Waals surface area contributed by atoms with Crippen LogP contribution in [-0.2, 0) is 6.54 Å². The van der Waals surface area contributed by atoms with Gasteiger partial charge in [-0.3, -0.25) is 4.90 Å². The van der Waals surface area contributed by atoms with Crippen molar-refractivity contribution in [3.05, 3.63) is 24.0 Å². The molecule has 0 fully saturated rings. The zero-order chi connectivity index (χ0) is 15.4. The first-order valence-corrected chi connectivity index (χ1v) is 7.61. The number of nitrogens with zero attached hydrogens (tertiary/aromatic N) is 3. The van der Waals surface area contributed by atoms with E-state index in [0.29, 0.717) is 6.54 Å². The second-order valence-corrected chi connectivity index (χ2v) is 5.30. The first kappa shape index (κ1) is 15.8. The van der Waals surface area contributed by atoms with Gasteiger partial charge in [0.05, 0.1) is 24.7 Å². The highest BCUT2D eigenvalue weighted by Crippen LogP contribution is 2.25. The van der Waals surface area contributed by atoms with Crippen LogP contribution in [0.1, 0.15) is 32.6 Å². The van der Waals surface area contributed by atoms with E-state index in [0.717, 1.165) is 42.2 Å². The summed E-state index contributed by atoms with van der Waals surface area (Å²) in [7, 11) is 1.68. The molecule has 2 aromatic rings. The number of imidazole rings is 1. The predicted molar refractivity (Wildman–Crippen MR) is 86.7 cm³/mol. The lowest BCUT2D eigenvalue weighted by atomic mass is 10.2. The Morgan fingerprint density at radius 2 is 2.05 bits per heavy atom. The van der Waals surface area contributed by atoms with Crippen molar-refractivity contribution >= 4 is 11.0 Å². The minimum Gasteiger partial charge on any atom is -0.497 e. The summed E-state index contributed by atoms with van der Waals surface area (Å²) in [6, 6.07) is 6.26. The monoisotopic (exact) mass is 290 g/mol. The van der Waals surface area contributed by atoms with E-state index in [9.17, 15) is 0 Å². The van der Waals surface area contributed by atoms with Crippen LogP contribution in [0.3, 0.4) is 0 Å². The van der Waals surface area contributed by atoms with Crippen molar-refractivity contribution in [1.82, 2.24) is 14.5 Å². The Morgan fingerprint density at radius 1 is 1.33 bits per heavy atom. The number of methoxy groups -OCH3 is 1. The number of nitrogens with two attached hydrogens (primary N) is 1. The van der Waals surface area contributed by atoms with Gasteiger partial charge in [-0.25, -0.2) is 4.98 Å². The fourth-order valence-electron chi connectivity index (χ4n) is 2.61. The molecule has 5 nitrogen and oxygen atoms in total. The second-order valence-electron chi connectivity index (χ2n) is 5.30. The molecule has 1 heterocycles. The maximum absolute atomic E-state index is 5.89. The zero-order valence-corrected chi connectivity index (χ0v) is 13.5. The van der Waals surface area contributed by atoms with Crippen LogP contribution in [0.5, 0.6) is 5.75 Å². The molecule has 0 radical (unpaired) electrons. The molecule has 1 atom stereocenters. The highest BCUT2D eigenvalue weighted by molar-refractivity contribution is 5.78. The van der Waals surface area contributed by atoms with E-state index in [1.54, 1.807) is 7.11 Å². The van der Waals surface area contributed by atoms with Gasteiger partial charge in [0, 0.05) is 18.7 Å². The molecular weight excluding hydrogens is 264 g/mol. The number of ether oxygens (including phenoxy) is 1. The number of rotatable bonds is 7. The van der Waals surface area contributed by atoms with Crippen molar-refractivity contribution < 1.29 is 4.74 Å². The van der Waals surface area contributed by atoms with Crippen LogP contribution in [-0.4, -0.2) is 41.2 Å². The van der Waals surface area contributed by atoms with Crippen LogP contribution in [0, 0.1) is 0 Å². The summed E-state index contributed by atoms with van der Waals surface area (Å²) in [4.78, 5) is 7.17. The molecule has 5 heteroatoms. The van der Waals surface area contributed by atoms with Gasteiger partial charge in [0.15, 0.2) is 0 Å². The molecule has 0 amide bonds. The van der Waals surface area contributed by atoms with Crippen molar-refractivity contribution in [2.75, 3.05) is 26.7 Å². The second kappa shape index (κ2) is 6.91. The Labute approximate surface area is 126 Å². The molecule has 0 aliphatic rings. The summed E-state index contributed by atoms with van der Waals surface area (Å²) in [6.45, 7) is 9.95. The van der Waals surface area contributed by atoms with Gasteiger partial charge in [-0.2, -0.15) is 0 Å². The molecule has 21 heavy (non-hydrogen) atoms. The van der Waals surface area contributed by atoms with Crippen LogP contribution in [0.15, 0.2) is 18.2 Å². The summed E-state index contributed by atoms with van der Waals surface area (Å²) in [6.07, 6.45) is 0. The number of aromatic nitrogens is 2. The van der Waals surface area contributed by atoms with Crippen LogP contribution >= 0.6 is 0 Å². The van der Waals surface area contributed by atoms with Crippen LogP contribution in [0.4, 0.5) is 0 Å². The van der Waals surface area contributed by atoms with E-state index >= 15 is 0 Å². The van der Waals surface area contributed by atoms with Crippen molar-refractivity contribution in [3.63, 3.8) is 0 Å². The minimum atomic E-state index is 0.231.